The number of hydrogen-bond donors (Lipinski definition) is 2. The van der Waals surface area contributed by atoms with Crippen molar-refractivity contribution in [1.29, 1.82) is 0 Å². The molecule has 0 heterocycles. The number of ether oxygens (including phenoxy) is 1. The zero-order valence-electron chi connectivity index (χ0n) is 17.8. The first-order valence-electron chi connectivity index (χ1n) is 9.77. The highest BCUT2D eigenvalue weighted by atomic mass is 32.2. The molecule has 0 bridgehead atoms. The lowest BCUT2D eigenvalue weighted by molar-refractivity contribution is -0.129. The molecule has 0 aliphatic heterocycles. The lowest BCUT2D eigenvalue weighted by atomic mass is 10.2. The average molecular weight is 466 g/mol. The molecule has 0 spiro atoms. The van der Waals surface area contributed by atoms with Crippen molar-refractivity contribution in [3.05, 3.63) is 65.5 Å². The van der Waals surface area contributed by atoms with Crippen LogP contribution < -0.4 is 10.9 Å². The zero-order chi connectivity index (χ0) is 23.9. The second-order valence-electron chi connectivity index (χ2n) is 6.61. The summed E-state index contributed by atoms with van der Waals surface area (Å²) >= 11 is 0. The summed E-state index contributed by atoms with van der Waals surface area (Å²) in [6.07, 6.45) is -1.25. The lowest BCUT2D eigenvalue weighted by Crippen LogP contribution is -2.46. The number of nitrogens with one attached hydrogen (secondary N) is 2. The summed E-state index contributed by atoms with van der Waals surface area (Å²) in [6.45, 7) is 5.37. The van der Waals surface area contributed by atoms with Gasteiger partial charge in [0.2, 0.25) is 10.0 Å². The molecule has 0 saturated carbocycles. The summed E-state index contributed by atoms with van der Waals surface area (Å²) in [4.78, 5) is 36.3. The Morgan fingerprint density at radius 1 is 0.938 bits per heavy atom. The summed E-state index contributed by atoms with van der Waals surface area (Å²) in [7, 11) is -3.66. The van der Waals surface area contributed by atoms with E-state index in [-0.39, 0.29) is 16.0 Å². The first-order valence-corrected chi connectivity index (χ1v) is 11.2. The third-order valence-corrected chi connectivity index (χ3v) is 6.56. The molecule has 2 aromatic rings. The van der Waals surface area contributed by atoms with Crippen LogP contribution in [0.4, 0.5) is 4.39 Å². The predicted molar refractivity (Wildman–Crippen MR) is 113 cm³/mol. The van der Waals surface area contributed by atoms with Gasteiger partial charge in [-0.25, -0.2) is 17.6 Å². The van der Waals surface area contributed by atoms with Crippen molar-refractivity contribution in [2.75, 3.05) is 13.1 Å². The van der Waals surface area contributed by atoms with Crippen LogP contribution in [0.2, 0.25) is 0 Å². The second-order valence-corrected chi connectivity index (χ2v) is 8.55. The summed E-state index contributed by atoms with van der Waals surface area (Å²) in [5, 5.41) is 0. The van der Waals surface area contributed by atoms with Gasteiger partial charge in [0.05, 0.1) is 10.5 Å². The molecule has 2 rings (SSSR count). The number of rotatable bonds is 8. The molecule has 0 aliphatic carbocycles. The van der Waals surface area contributed by atoms with E-state index < -0.39 is 39.7 Å². The fourth-order valence-corrected chi connectivity index (χ4v) is 4.11. The van der Waals surface area contributed by atoms with Crippen LogP contribution in [0.15, 0.2) is 53.4 Å². The highest BCUT2D eigenvalue weighted by Crippen LogP contribution is 2.17. The van der Waals surface area contributed by atoms with Gasteiger partial charge < -0.3 is 4.74 Å². The molecule has 0 unspecified atom stereocenters. The topological polar surface area (TPSA) is 122 Å². The van der Waals surface area contributed by atoms with Crippen molar-refractivity contribution in [2.45, 2.75) is 31.8 Å². The van der Waals surface area contributed by atoms with E-state index in [0.717, 1.165) is 12.1 Å². The maximum Gasteiger partial charge on any atom is 0.338 e. The highest BCUT2D eigenvalue weighted by molar-refractivity contribution is 7.89. The van der Waals surface area contributed by atoms with Gasteiger partial charge in [-0.2, -0.15) is 4.31 Å². The largest absolute Gasteiger partial charge is 0.449 e. The number of hydrogen-bond acceptors (Lipinski definition) is 6. The normalized spacial score (nSPS) is 12.2. The lowest BCUT2D eigenvalue weighted by Gasteiger charge is -2.18. The van der Waals surface area contributed by atoms with E-state index in [1.807, 2.05) is 0 Å². The minimum atomic E-state index is -3.66. The van der Waals surface area contributed by atoms with Gasteiger partial charge in [-0.05, 0) is 55.5 Å². The van der Waals surface area contributed by atoms with E-state index >= 15 is 0 Å². The maximum absolute atomic E-state index is 12.9. The molecular formula is C21H24FN3O6S. The van der Waals surface area contributed by atoms with Crippen molar-refractivity contribution in [3.8, 4) is 0 Å². The van der Waals surface area contributed by atoms with Crippen LogP contribution in [-0.4, -0.2) is 49.7 Å². The highest BCUT2D eigenvalue weighted by Gasteiger charge is 2.23. The molecule has 11 heteroatoms. The molecule has 0 aromatic heterocycles. The summed E-state index contributed by atoms with van der Waals surface area (Å²) in [5.74, 6) is -2.83. The van der Waals surface area contributed by atoms with Crippen molar-refractivity contribution >= 4 is 27.8 Å². The van der Waals surface area contributed by atoms with E-state index in [0.29, 0.717) is 13.1 Å². The number of halogens is 1. The number of carbonyl (C=O) groups excluding carboxylic acids is 3. The molecule has 32 heavy (non-hydrogen) atoms. The molecule has 2 amide bonds. The van der Waals surface area contributed by atoms with Gasteiger partial charge in [-0.15, -0.1) is 0 Å². The minimum Gasteiger partial charge on any atom is -0.449 e. The first-order chi connectivity index (χ1) is 15.1. The van der Waals surface area contributed by atoms with Crippen LogP contribution in [0.25, 0.3) is 0 Å². The Balaban J connectivity index is 1.94. The molecule has 0 aliphatic rings. The standard InChI is InChI=1S/C21H24FN3O6S/c1-4-25(5-2)32(29,30)18-12-8-16(9-13-18)21(28)31-14(3)19(26)23-24-20(27)15-6-10-17(22)11-7-15/h6-14H,4-5H2,1-3H3,(H,23,26)(H,24,27)/t14-/m0/s1. The third kappa shape index (κ3) is 6.11. The number of benzene rings is 2. The SMILES string of the molecule is CCN(CC)S(=O)(=O)c1ccc(C(=O)O[C@@H](C)C(=O)NNC(=O)c2ccc(F)cc2)cc1. The van der Waals surface area contributed by atoms with E-state index in [1.165, 1.54) is 47.6 Å². The first kappa shape index (κ1) is 25.0. The molecule has 0 radical (unpaired) electrons. The fourth-order valence-electron chi connectivity index (χ4n) is 2.65. The molecule has 0 saturated heterocycles. The fraction of sp³-hybridized carbons (Fsp3) is 0.286. The van der Waals surface area contributed by atoms with Gasteiger partial charge in [-0.3, -0.25) is 20.4 Å². The number of sulfonamides is 1. The maximum atomic E-state index is 12.9. The van der Waals surface area contributed by atoms with Gasteiger partial charge in [-0.1, -0.05) is 13.8 Å². The monoisotopic (exact) mass is 465 g/mol. The smallest absolute Gasteiger partial charge is 0.338 e. The Labute approximate surface area is 185 Å². The number of carbonyl (C=O) groups is 3. The summed E-state index contributed by atoms with van der Waals surface area (Å²) in [5.41, 5.74) is 4.42. The van der Waals surface area contributed by atoms with Crippen LogP contribution in [0.3, 0.4) is 0 Å². The van der Waals surface area contributed by atoms with E-state index in [1.54, 1.807) is 13.8 Å². The Hall–Kier alpha value is -3.31. The molecule has 9 nitrogen and oxygen atoms in total. The Kier molecular flexibility index (Phi) is 8.44. The van der Waals surface area contributed by atoms with Gasteiger partial charge in [0.15, 0.2) is 6.10 Å². The number of nitrogens with zero attached hydrogens (tertiary/aromatic N) is 1. The summed E-state index contributed by atoms with van der Waals surface area (Å²) in [6, 6.07) is 9.84. The van der Waals surface area contributed by atoms with Gasteiger partial charge in [0, 0.05) is 18.7 Å². The van der Waals surface area contributed by atoms with Crippen molar-refractivity contribution < 1.29 is 31.9 Å². The molecule has 2 N–H and O–H groups in total. The Morgan fingerprint density at radius 3 is 2.00 bits per heavy atom. The quantitative estimate of drug-likeness (QED) is 0.453. The van der Waals surface area contributed by atoms with E-state index in [9.17, 15) is 27.2 Å². The number of esters is 1. The van der Waals surface area contributed by atoms with Crippen LogP contribution in [-0.2, 0) is 19.6 Å². The second kappa shape index (κ2) is 10.8. The number of amides is 2. The molecule has 172 valence electrons. The molecule has 0 fully saturated rings. The third-order valence-electron chi connectivity index (χ3n) is 4.49. The van der Waals surface area contributed by atoms with E-state index in [2.05, 4.69) is 10.9 Å². The number of hydrazine groups is 1. The molecule has 2 aromatic carbocycles. The zero-order valence-corrected chi connectivity index (χ0v) is 18.6. The van der Waals surface area contributed by atoms with Crippen LogP contribution in [0.5, 0.6) is 0 Å². The Bertz CT molecular complexity index is 1070. The molecule has 1 atom stereocenters. The molecular weight excluding hydrogens is 441 g/mol. The predicted octanol–water partition coefficient (Wildman–Crippen LogP) is 1.86. The van der Waals surface area contributed by atoms with Crippen molar-refractivity contribution in [3.63, 3.8) is 0 Å². The van der Waals surface area contributed by atoms with Gasteiger partial charge in [0.1, 0.15) is 5.82 Å². The van der Waals surface area contributed by atoms with Crippen LogP contribution in [0, 0.1) is 5.82 Å². The van der Waals surface area contributed by atoms with E-state index in [4.69, 9.17) is 4.74 Å². The average Bonchev–Trinajstić information content (AvgIpc) is 2.78. The van der Waals surface area contributed by atoms with Gasteiger partial charge in [0.25, 0.3) is 11.8 Å². The summed E-state index contributed by atoms with van der Waals surface area (Å²) < 4.78 is 44.2. The van der Waals surface area contributed by atoms with Crippen LogP contribution in [0.1, 0.15) is 41.5 Å². The van der Waals surface area contributed by atoms with Crippen LogP contribution >= 0.6 is 0 Å². The van der Waals surface area contributed by atoms with Crippen molar-refractivity contribution in [1.82, 2.24) is 15.2 Å². The Morgan fingerprint density at radius 2 is 1.47 bits per heavy atom. The van der Waals surface area contributed by atoms with Gasteiger partial charge >= 0.3 is 5.97 Å². The minimum absolute atomic E-state index is 0.0343. The van der Waals surface area contributed by atoms with Crippen molar-refractivity contribution in [2.24, 2.45) is 0 Å².